The van der Waals surface area contributed by atoms with Crippen LogP contribution in [0.2, 0.25) is 0 Å². The molecule has 0 aromatic carbocycles. The number of nitrogens with zero attached hydrogens (tertiary/aromatic N) is 2. The van der Waals surface area contributed by atoms with Crippen molar-refractivity contribution in [2.75, 3.05) is 20.3 Å². The predicted octanol–water partition coefficient (Wildman–Crippen LogP) is -0.317. The molecule has 0 fully saturated rings. The number of hydrogen-bond acceptors (Lipinski definition) is 5. The van der Waals surface area contributed by atoms with Crippen molar-refractivity contribution < 1.29 is 14.1 Å². The fourth-order valence-electron chi connectivity index (χ4n) is 0.904. The van der Waals surface area contributed by atoms with Crippen LogP contribution in [0.15, 0.2) is 4.52 Å². The monoisotopic (exact) mass is 199 g/mol. The zero-order valence-corrected chi connectivity index (χ0v) is 8.24. The van der Waals surface area contributed by atoms with Crippen LogP contribution in [0.1, 0.15) is 11.7 Å². The molecule has 1 aromatic heterocycles. The number of aryl methyl sites for hydroxylation is 1. The molecule has 0 spiro atoms. The Morgan fingerprint density at radius 3 is 3.00 bits per heavy atom. The molecule has 1 heterocycles. The van der Waals surface area contributed by atoms with Crippen molar-refractivity contribution in [2.24, 2.45) is 0 Å². The van der Waals surface area contributed by atoms with E-state index in [0.29, 0.717) is 24.9 Å². The second-order valence-corrected chi connectivity index (χ2v) is 2.75. The molecule has 14 heavy (non-hydrogen) atoms. The van der Waals surface area contributed by atoms with Crippen LogP contribution >= 0.6 is 0 Å². The Morgan fingerprint density at radius 2 is 2.43 bits per heavy atom. The lowest BCUT2D eigenvalue weighted by Crippen LogP contribution is -2.28. The maximum absolute atomic E-state index is 11.2. The van der Waals surface area contributed by atoms with Crippen molar-refractivity contribution in [1.82, 2.24) is 15.5 Å². The van der Waals surface area contributed by atoms with Crippen LogP contribution in [0.5, 0.6) is 0 Å². The third-order valence-electron chi connectivity index (χ3n) is 1.51. The van der Waals surface area contributed by atoms with E-state index in [1.54, 1.807) is 14.0 Å². The number of ether oxygens (including phenoxy) is 1. The van der Waals surface area contributed by atoms with Gasteiger partial charge in [0, 0.05) is 13.7 Å². The first-order valence-electron chi connectivity index (χ1n) is 4.27. The molecule has 0 unspecified atom stereocenters. The van der Waals surface area contributed by atoms with Gasteiger partial charge in [0.05, 0.1) is 6.61 Å². The van der Waals surface area contributed by atoms with Crippen LogP contribution in [-0.2, 0) is 16.0 Å². The summed E-state index contributed by atoms with van der Waals surface area (Å²) in [4.78, 5) is 15.1. The SMILES string of the molecule is COCCNC(=O)Cc1nc(C)no1. The van der Waals surface area contributed by atoms with Gasteiger partial charge in [0.2, 0.25) is 11.8 Å². The van der Waals surface area contributed by atoms with E-state index < -0.39 is 0 Å². The number of aromatic nitrogens is 2. The Hall–Kier alpha value is -1.43. The maximum atomic E-state index is 11.2. The van der Waals surface area contributed by atoms with Crippen LogP contribution in [0.25, 0.3) is 0 Å². The standard InChI is InChI=1S/C8H13N3O3/c1-6-10-8(14-11-6)5-7(12)9-3-4-13-2/h3-5H2,1-2H3,(H,9,12). The summed E-state index contributed by atoms with van der Waals surface area (Å²) in [6.45, 7) is 2.69. The molecule has 0 aliphatic heterocycles. The predicted molar refractivity (Wildman–Crippen MR) is 47.6 cm³/mol. The molecule has 0 radical (unpaired) electrons. The Balaban J connectivity index is 2.27. The molecule has 6 nitrogen and oxygen atoms in total. The number of nitrogens with one attached hydrogen (secondary N) is 1. The highest BCUT2D eigenvalue weighted by Gasteiger charge is 2.08. The third kappa shape index (κ3) is 3.53. The van der Waals surface area contributed by atoms with Crippen LogP contribution in [0.4, 0.5) is 0 Å². The van der Waals surface area contributed by atoms with Gasteiger partial charge in [0.25, 0.3) is 0 Å². The molecule has 1 rings (SSSR count). The van der Waals surface area contributed by atoms with Crippen molar-refractivity contribution >= 4 is 5.91 Å². The fourth-order valence-corrected chi connectivity index (χ4v) is 0.904. The van der Waals surface area contributed by atoms with E-state index in [4.69, 9.17) is 9.26 Å². The summed E-state index contributed by atoms with van der Waals surface area (Å²) in [6, 6.07) is 0. The Labute approximate surface area is 81.6 Å². The highest BCUT2D eigenvalue weighted by molar-refractivity contribution is 5.77. The highest BCUT2D eigenvalue weighted by atomic mass is 16.5. The minimum Gasteiger partial charge on any atom is -0.383 e. The summed E-state index contributed by atoms with van der Waals surface area (Å²) in [6.07, 6.45) is 0.116. The molecule has 0 saturated carbocycles. The largest absolute Gasteiger partial charge is 0.383 e. The van der Waals surface area contributed by atoms with Gasteiger partial charge in [-0.15, -0.1) is 0 Å². The van der Waals surface area contributed by atoms with Gasteiger partial charge in [0.1, 0.15) is 6.42 Å². The van der Waals surface area contributed by atoms with E-state index in [0.717, 1.165) is 0 Å². The molecule has 0 aliphatic carbocycles. The molecule has 0 saturated heterocycles. The summed E-state index contributed by atoms with van der Waals surface area (Å²) < 4.78 is 9.57. The third-order valence-corrected chi connectivity index (χ3v) is 1.51. The van der Waals surface area contributed by atoms with Crippen molar-refractivity contribution in [3.05, 3.63) is 11.7 Å². The molecule has 0 aliphatic rings. The van der Waals surface area contributed by atoms with Gasteiger partial charge in [-0.1, -0.05) is 5.16 Å². The van der Waals surface area contributed by atoms with Crippen LogP contribution in [-0.4, -0.2) is 36.3 Å². The second-order valence-electron chi connectivity index (χ2n) is 2.75. The van der Waals surface area contributed by atoms with Crippen LogP contribution in [0, 0.1) is 6.92 Å². The average Bonchev–Trinajstić information content (AvgIpc) is 2.52. The van der Waals surface area contributed by atoms with E-state index >= 15 is 0 Å². The Morgan fingerprint density at radius 1 is 1.64 bits per heavy atom. The lowest BCUT2D eigenvalue weighted by Gasteiger charge is -2.01. The topological polar surface area (TPSA) is 77.2 Å². The zero-order chi connectivity index (χ0) is 10.4. The van der Waals surface area contributed by atoms with Gasteiger partial charge in [-0.25, -0.2) is 0 Å². The van der Waals surface area contributed by atoms with Gasteiger partial charge in [-0.05, 0) is 6.92 Å². The van der Waals surface area contributed by atoms with E-state index in [9.17, 15) is 4.79 Å². The smallest absolute Gasteiger partial charge is 0.236 e. The lowest BCUT2D eigenvalue weighted by molar-refractivity contribution is -0.120. The molecule has 1 N–H and O–H groups in total. The molecule has 78 valence electrons. The summed E-state index contributed by atoms with van der Waals surface area (Å²) in [7, 11) is 1.58. The number of rotatable bonds is 5. The number of methoxy groups -OCH3 is 1. The molecule has 6 heteroatoms. The van der Waals surface area contributed by atoms with Crippen molar-refractivity contribution in [3.63, 3.8) is 0 Å². The Kier molecular flexibility index (Phi) is 4.06. The minimum atomic E-state index is -0.147. The first-order chi connectivity index (χ1) is 6.72. The number of carbonyl (C=O) groups excluding carboxylic acids is 1. The lowest BCUT2D eigenvalue weighted by atomic mass is 10.4. The van der Waals surface area contributed by atoms with Gasteiger partial charge in [0.15, 0.2) is 5.82 Å². The number of hydrogen-bond donors (Lipinski definition) is 1. The molecule has 0 bridgehead atoms. The summed E-state index contributed by atoms with van der Waals surface area (Å²) in [5.41, 5.74) is 0. The molecule has 1 amide bonds. The zero-order valence-electron chi connectivity index (χ0n) is 8.24. The van der Waals surface area contributed by atoms with Crippen molar-refractivity contribution in [2.45, 2.75) is 13.3 Å². The van der Waals surface area contributed by atoms with Gasteiger partial charge < -0.3 is 14.6 Å². The summed E-state index contributed by atoms with van der Waals surface area (Å²) in [5.74, 6) is 0.716. The van der Waals surface area contributed by atoms with Gasteiger partial charge in [-0.2, -0.15) is 4.98 Å². The fraction of sp³-hybridized carbons (Fsp3) is 0.625. The molecular weight excluding hydrogens is 186 g/mol. The van der Waals surface area contributed by atoms with E-state index in [-0.39, 0.29) is 12.3 Å². The van der Waals surface area contributed by atoms with Crippen molar-refractivity contribution in [3.8, 4) is 0 Å². The quantitative estimate of drug-likeness (QED) is 0.658. The van der Waals surface area contributed by atoms with Gasteiger partial charge >= 0.3 is 0 Å². The number of amides is 1. The first kappa shape index (κ1) is 10.6. The van der Waals surface area contributed by atoms with E-state index in [1.165, 1.54) is 0 Å². The van der Waals surface area contributed by atoms with E-state index in [1.807, 2.05) is 0 Å². The summed E-state index contributed by atoms with van der Waals surface area (Å²) >= 11 is 0. The van der Waals surface area contributed by atoms with Crippen LogP contribution in [0.3, 0.4) is 0 Å². The second kappa shape index (κ2) is 5.33. The maximum Gasteiger partial charge on any atom is 0.236 e. The summed E-state index contributed by atoms with van der Waals surface area (Å²) in [5, 5.41) is 6.22. The molecule has 1 aromatic rings. The highest BCUT2D eigenvalue weighted by Crippen LogP contribution is 1.96. The van der Waals surface area contributed by atoms with Crippen LogP contribution < -0.4 is 5.32 Å². The minimum absolute atomic E-state index is 0.116. The van der Waals surface area contributed by atoms with Crippen molar-refractivity contribution in [1.29, 1.82) is 0 Å². The first-order valence-corrected chi connectivity index (χ1v) is 4.27. The average molecular weight is 199 g/mol. The molecular formula is C8H13N3O3. The normalized spacial score (nSPS) is 10.1. The number of carbonyl (C=O) groups is 1. The Bertz CT molecular complexity index is 298. The van der Waals surface area contributed by atoms with E-state index in [2.05, 4.69) is 15.5 Å². The van der Waals surface area contributed by atoms with Gasteiger partial charge in [-0.3, -0.25) is 4.79 Å². The molecule has 0 atom stereocenters.